The molecule has 1 aromatic rings. The van der Waals surface area contributed by atoms with Crippen LogP contribution in [-0.2, 0) is 0 Å². The van der Waals surface area contributed by atoms with E-state index in [1.54, 1.807) is 0 Å². The lowest BCUT2D eigenvalue weighted by molar-refractivity contribution is -0.727. The summed E-state index contributed by atoms with van der Waals surface area (Å²) in [6, 6.07) is 0.624. The predicted molar refractivity (Wildman–Crippen MR) is 110 cm³/mol. The van der Waals surface area contributed by atoms with Crippen molar-refractivity contribution in [2.75, 3.05) is 0 Å². The first-order valence-corrected chi connectivity index (χ1v) is 11.3. The number of nitrogens with zero attached hydrogens (tertiary/aromatic N) is 1. The van der Waals surface area contributed by atoms with Crippen LogP contribution in [0.5, 0.6) is 0 Å². The lowest BCUT2D eigenvalue weighted by Gasteiger charge is -2.14. The number of rotatable bonds is 16. The summed E-state index contributed by atoms with van der Waals surface area (Å²) in [6.07, 6.45) is 23.7. The molecule has 25 heavy (non-hydrogen) atoms. The van der Waals surface area contributed by atoms with Crippen molar-refractivity contribution in [1.29, 1.82) is 0 Å². The van der Waals surface area contributed by atoms with Gasteiger partial charge in [0.05, 0.1) is 12.0 Å². The largest absolute Gasteiger partial charge is 0.257 e. The van der Waals surface area contributed by atoms with Crippen LogP contribution in [0.2, 0.25) is 0 Å². The van der Waals surface area contributed by atoms with E-state index in [-0.39, 0.29) is 0 Å². The SMILES string of the molecule is CCCCCCCCCCC(C)[n+]1cc[nH]c1C(C)CCCCCC. The summed E-state index contributed by atoms with van der Waals surface area (Å²) in [7, 11) is 0. The normalized spacial score (nSPS) is 13.9. The first kappa shape index (κ1) is 22.3. The molecular formula is C23H45N2+. The smallest absolute Gasteiger partial charge is 0.247 e. The molecule has 0 aliphatic rings. The number of hydrogen-bond donors (Lipinski definition) is 1. The van der Waals surface area contributed by atoms with Gasteiger partial charge in [-0.05, 0) is 26.2 Å². The van der Waals surface area contributed by atoms with Crippen LogP contribution in [0.3, 0.4) is 0 Å². The molecule has 0 fully saturated rings. The third-order valence-electron chi connectivity index (χ3n) is 5.65. The second-order valence-corrected chi connectivity index (χ2v) is 8.12. The fraction of sp³-hybridized carbons (Fsp3) is 0.870. The molecule has 0 aromatic carbocycles. The summed E-state index contributed by atoms with van der Waals surface area (Å²) < 4.78 is 2.51. The van der Waals surface area contributed by atoms with Crippen molar-refractivity contribution < 1.29 is 4.57 Å². The minimum Gasteiger partial charge on any atom is -0.247 e. The van der Waals surface area contributed by atoms with E-state index < -0.39 is 0 Å². The first-order valence-electron chi connectivity index (χ1n) is 11.3. The molecule has 1 rings (SSSR count). The Hall–Kier alpha value is -0.790. The van der Waals surface area contributed by atoms with E-state index in [1.807, 2.05) is 0 Å². The fourth-order valence-corrected chi connectivity index (χ4v) is 3.87. The molecule has 0 radical (unpaired) electrons. The number of nitrogens with one attached hydrogen (secondary N) is 1. The van der Waals surface area contributed by atoms with Gasteiger partial charge in [0.15, 0.2) is 0 Å². The molecule has 2 heteroatoms. The molecule has 2 atom stereocenters. The average Bonchev–Trinajstić information content (AvgIpc) is 3.10. The van der Waals surface area contributed by atoms with Gasteiger partial charge in [-0.3, -0.25) is 0 Å². The standard InChI is InChI=1S/C23H44N2/c1-5-7-9-11-12-13-14-16-18-22(4)25-20-19-24-23(25)21(3)17-15-10-8-6-2/h19-22H,5-18H2,1-4H3/p+1. The molecule has 0 saturated heterocycles. The summed E-state index contributed by atoms with van der Waals surface area (Å²) in [5, 5.41) is 0. The molecule has 1 N–H and O–H groups in total. The predicted octanol–water partition coefficient (Wildman–Crippen LogP) is 7.47. The topological polar surface area (TPSA) is 19.7 Å². The summed E-state index contributed by atoms with van der Waals surface area (Å²) >= 11 is 0. The summed E-state index contributed by atoms with van der Waals surface area (Å²) in [5.41, 5.74) is 0. The Morgan fingerprint density at radius 2 is 1.28 bits per heavy atom. The van der Waals surface area contributed by atoms with Crippen LogP contribution < -0.4 is 4.57 Å². The molecule has 0 aliphatic carbocycles. The zero-order valence-corrected chi connectivity index (χ0v) is 17.7. The second-order valence-electron chi connectivity index (χ2n) is 8.12. The number of imidazole rings is 1. The number of aromatic amines is 1. The monoisotopic (exact) mass is 349 g/mol. The van der Waals surface area contributed by atoms with E-state index in [1.165, 1.54) is 95.7 Å². The quantitative estimate of drug-likeness (QED) is 0.236. The van der Waals surface area contributed by atoms with E-state index in [0.717, 1.165) is 0 Å². The van der Waals surface area contributed by atoms with Gasteiger partial charge in [-0.15, -0.1) is 0 Å². The molecule has 146 valence electrons. The van der Waals surface area contributed by atoms with Gasteiger partial charge in [0.1, 0.15) is 12.4 Å². The molecule has 0 aliphatic heterocycles. The third-order valence-corrected chi connectivity index (χ3v) is 5.65. The van der Waals surface area contributed by atoms with Crippen molar-refractivity contribution in [1.82, 2.24) is 4.98 Å². The van der Waals surface area contributed by atoms with Gasteiger partial charge in [-0.1, -0.05) is 91.4 Å². The Balaban J connectivity index is 2.24. The van der Waals surface area contributed by atoms with Crippen LogP contribution in [-0.4, -0.2) is 4.98 Å². The van der Waals surface area contributed by atoms with Crippen molar-refractivity contribution in [2.24, 2.45) is 0 Å². The lowest BCUT2D eigenvalue weighted by atomic mass is 10.0. The summed E-state index contributed by atoms with van der Waals surface area (Å²) in [4.78, 5) is 3.52. The summed E-state index contributed by atoms with van der Waals surface area (Å²) in [5.74, 6) is 2.08. The number of aromatic nitrogens is 2. The van der Waals surface area contributed by atoms with E-state index in [0.29, 0.717) is 12.0 Å². The van der Waals surface area contributed by atoms with Crippen molar-refractivity contribution in [2.45, 2.75) is 130 Å². The Morgan fingerprint density at radius 1 is 0.760 bits per heavy atom. The third kappa shape index (κ3) is 9.47. The first-order chi connectivity index (χ1) is 12.2. The van der Waals surface area contributed by atoms with E-state index in [4.69, 9.17) is 0 Å². The Kier molecular flexibility index (Phi) is 12.8. The van der Waals surface area contributed by atoms with Gasteiger partial charge in [-0.2, -0.15) is 0 Å². The molecule has 1 aromatic heterocycles. The molecule has 0 bridgehead atoms. The van der Waals surface area contributed by atoms with Crippen LogP contribution in [0.15, 0.2) is 12.4 Å². The maximum atomic E-state index is 3.52. The number of hydrogen-bond acceptors (Lipinski definition) is 0. The highest BCUT2D eigenvalue weighted by Crippen LogP contribution is 2.20. The van der Waals surface area contributed by atoms with E-state index >= 15 is 0 Å². The lowest BCUT2D eigenvalue weighted by Crippen LogP contribution is -2.40. The highest BCUT2D eigenvalue weighted by molar-refractivity contribution is 4.87. The maximum absolute atomic E-state index is 3.52. The molecule has 1 heterocycles. The van der Waals surface area contributed by atoms with Crippen molar-refractivity contribution in [3.8, 4) is 0 Å². The molecule has 0 spiro atoms. The van der Waals surface area contributed by atoms with Crippen LogP contribution >= 0.6 is 0 Å². The van der Waals surface area contributed by atoms with Crippen LogP contribution in [0.1, 0.15) is 135 Å². The Bertz CT molecular complexity index is 410. The van der Waals surface area contributed by atoms with Gasteiger partial charge in [0.2, 0.25) is 0 Å². The number of H-pyrrole nitrogens is 1. The van der Waals surface area contributed by atoms with E-state index in [9.17, 15) is 0 Å². The molecule has 2 nitrogen and oxygen atoms in total. The zero-order valence-electron chi connectivity index (χ0n) is 17.7. The Morgan fingerprint density at radius 3 is 1.92 bits per heavy atom. The van der Waals surface area contributed by atoms with E-state index in [2.05, 4.69) is 49.6 Å². The van der Waals surface area contributed by atoms with Crippen molar-refractivity contribution in [3.05, 3.63) is 18.2 Å². The number of unbranched alkanes of at least 4 members (excludes halogenated alkanes) is 10. The summed E-state index contributed by atoms with van der Waals surface area (Å²) in [6.45, 7) is 9.36. The fourth-order valence-electron chi connectivity index (χ4n) is 3.87. The molecule has 2 unspecified atom stereocenters. The Labute approximate surface area is 157 Å². The van der Waals surface area contributed by atoms with Gasteiger partial charge in [0, 0.05) is 0 Å². The highest BCUT2D eigenvalue weighted by Gasteiger charge is 2.21. The van der Waals surface area contributed by atoms with Crippen LogP contribution in [0.4, 0.5) is 0 Å². The zero-order chi connectivity index (χ0) is 18.3. The van der Waals surface area contributed by atoms with Gasteiger partial charge in [-0.25, -0.2) is 9.55 Å². The van der Waals surface area contributed by atoms with Crippen LogP contribution in [0, 0.1) is 0 Å². The molecular weight excluding hydrogens is 304 g/mol. The molecule has 0 amide bonds. The molecule has 0 saturated carbocycles. The highest BCUT2D eigenvalue weighted by atomic mass is 15.1. The minimum absolute atomic E-state index is 0.624. The maximum Gasteiger partial charge on any atom is 0.257 e. The average molecular weight is 350 g/mol. The van der Waals surface area contributed by atoms with Crippen molar-refractivity contribution in [3.63, 3.8) is 0 Å². The second kappa shape index (κ2) is 14.4. The van der Waals surface area contributed by atoms with Gasteiger partial charge in [0.25, 0.3) is 5.82 Å². The van der Waals surface area contributed by atoms with Gasteiger partial charge >= 0.3 is 0 Å². The van der Waals surface area contributed by atoms with Gasteiger partial charge < -0.3 is 0 Å². The van der Waals surface area contributed by atoms with Crippen LogP contribution in [0.25, 0.3) is 0 Å². The minimum atomic E-state index is 0.624. The van der Waals surface area contributed by atoms with Crippen molar-refractivity contribution >= 4 is 0 Å².